The fourth-order valence-electron chi connectivity index (χ4n) is 1.61. The van der Waals surface area contributed by atoms with Gasteiger partial charge in [-0.2, -0.15) is 0 Å². The summed E-state index contributed by atoms with van der Waals surface area (Å²) in [5.41, 5.74) is 0.774. The Morgan fingerprint density at radius 3 is 2.39 bits per heavy atom. The van der Waals surface area contributed by atoms with E-state index in [1.807, 2.05) is 6.07 Å². The topological polar surface area (TPSA) is 83.8 Å². The molecule has 0 amide bonds. The van der Waals surface area contributed by atoms with Crippen molar-refractivity contribution in [3.05, 3.63) is 35.9 Å². The van der Waals surface area contributed by atoms with Gasteiger partial charge in [0.25, 0.3) is 0 Å². The zero-order chi connectivity index (χ0) is 13.5. The number of benzene rings is 1. The van der Waals surface area contributed by atoms with Gasteiger partial charge in [0.2, 0.25) is 0 Å². The largest absolute Gasteiger partial charge is 0.479 e. The van der Waals surface area contributed by atoms with Crippen molar-refractivity contribution >= 4 is 11.9 Å². The molecular formula is C13H16O5. The van der Waals surface area contributed by atoms with Gasteiger partial charge in [-0.3, -0.25) is 4.79 Å². The van der Waals surface area contributed by atoms with E-state index in [0.29, 0.717) is 0 Å². The number of carbonyl (C=O) groups is 2. The van der Waals surface area contributed by atoms with Gasteiger partial charge in [-0.25, -0.2) is 4.79 Å². The van der Waals surface area contributed by atoms with E-state index in [-0.39, 0.29) is 13.0 Å². The second-order valence-electron chi connectivity index (χ2n) is 3.83. The first kappa shape index (κ1) is 14.2. The molecule has 2 atom stereocenters. The molecule has 0 spiro atoms. The molecule has 0 saturated carbocycles. The highest BCUT2D eigenvalue weighted by atomic mass is 16.5. The van der Waals surface area contributed by atoms with Gasteiger partial charge >= 0.3 is 11.9 Å². The minimum atomic E-state index is -1.76. The van der Waals surface area contributed by atoms with E-state index in [4.69, 9.17) is 9.84 Å². The van der Waals surface area contributed by atoms with Crippen molar-refractivity contribution in [2.24, 2.45) is 5.92 Å². The molecule has 0 aliphatic rings. The molecule has 2 N–H and O–H groups in total. The predicted octanol–water partition coefficient (Wildman–Crippen LogP) is 0.854. The number of ether oxygens (including phenoxy) is 1. The lowest BCUT2D eigenvalue weighted by Crippen LogP contribution is -2.37. The molecule has 0 unspecified atom stereocenters. The van der Waals surface area contributed by atoms with Crippen LogP contribution in [0.3, 0.4) is 0 Å². The Bertz CT molecular complexity index is 401. The first-order chi connectivity index (χ1) is 8.56. The summed E-state index contributed by atoms with van der Waals surface area (Å²) < 4.78 is 4.79. The summed E-state index contributed by atoms with van der Waals surface area (Å²) in [6.45, 7) is 1.78. The summed E-state index contributed by atoms with van der Waals surface area (Å²) in [7, 11) is 0. The minimum Gasteiger partial charge on any atom is -0.479 e. The predicted molar refractivity (Wildman–Crippen MR) is 63.9 cm³/mol. The lowest BCUT2D eigenvalue weighted by atomic mass is 9.94. The van der Waals surface area contributed by atoms with E-state index < -0.39 is 24.0 Å². The average molecular weight is 252 g/mol. The number of esters is 1. The Labute approximate surface area is 105 Å². The summed E-state index contributed by atoms with van der Waals surface area (Å²) >= 11 is 0. The molecule has 0 bridgehead atoms. The summed E-state index contributed by atoms with van der Waals surface area (Å²) in [4.78, 5) is 22.4. The van der Waals surface area contributed by atoms with Crippen LogP contribution in [0.4, 0.5) is 0 Å². The highest BCUT2D eigenvalue weighted by Crippen LogP contribution is 2.15. The molecule has 0 saturated heterocycles. The molecule has 98 valence electrons. The lowest BCUT2D eigenvalue weighted by Gasteiger charge is -2.18. The summed E-state index contributed by atoms with van der Waals surface area (Å²) in [5, 5.41) is 18.3. The van der Waals surface area contributed by atoms with Crippen molar-refractivity contribution in [3.63, 3.8) is 0 Å². The highest BCUT2D eigenvalue weighted by Gasteiger charge is 2.33. The van der Waals surface area contributed by atoms with Gasteiger partial charge in [0, 0.05) is 0 Å². The van der Waals surface area contributed by atoms with Crippen molar-refractivity contribution in [2.75, 3.05) is 6.61 Å². The van der Waals surface area contributed by atoms with Crippen molar-refractivity contribution in [1.82, 2.24) is 0 Å². The van der Waals surface area contributed by atoms with Crippen LogP contribution in [0.25, 0.3) is 0 Å². The standard InChI is InChI=1S/C13H16O5/c1-2-18-13(17)10(11(14)12(15)16)8-9-6-4-3-5-7-9/h3-7,10-11,14H,2,8H2,1H3,(H,15,16)/t10-,11+/m1/s1. The highest BCUT2D eigenvalue weighted by molar-refractivity contribution is 5.82. The maximum atomic E-state index is 11.6. The Morgan fingerprint density at radius 1 is 1.28 bits per heavy atom. The molecule has 1 aromatic carbocycles. The molecule has 0 fully saturated rings. The summed E-state index contributed by atoms with van der Waals surface area (Å²) in [6, 6.07) is 8.91. The molecular weight excluding hydrogens is 236 g/mol. The van der Waals surface area contributed by atoms with Gasteiger partial charge in [-0.05, 0) is 18.9 Å². The molecule has 18 heavy (non-hydrogen) atoms. The van der Waals surface area contributed by atoms with Crippen LogP contribution in [-0.2, 0) is 20.7 Å². The maximum Gasteiger partial charge on any atom is 0.333 e. The van der Waals surface area contributed by atoms with Gasteiger partial charge in [0.15, 0.2) is 6.10 Å². The van der Waals surface area contributed by atoms with Gasteiger partial charge in [-0.15, -0.1) is 0 Å². The van der Waals surface area contributed by atoms with Crippen LogP contribution in [0.2, 0.25) is 0 Å². The number of rotatable bonds is 6. The van der Waals surface area contributed by atoms with Crippen LogP contribution >= 0.6 is 0 Å². The third-order valence-corrected chi connectivity index (χ3v) is 2.52. The molecule has 0 radical (unpaired) electrons. The monoisotopic (exact) mass is 252 g/mol. The zero-order valence-electron chi connectivity index (χ0n) is 10.1. The van der Waals surface area contributed by atoms with Gasteiger partial charge in [0.05, 0.1) is 12.5 Å². The van der Waals surface area contributed by atoms with Crippen molar-refractivity contribution in [2.45, 2.75) is 19.4 Å². The smallest absolute Gasteiger partial charge is 0.333 e. The molecule has 5 nitrogen and oxygen atoms in total. The Morgan fingerprint density at radius 2 is 1.89 bits per heavy atom. The first-order valence-electron chi connectivity index (χ1n) is 5.67. The van der Waals surface area contributed by atoms with E-state index in [2.05, 4.69) is 0 Å². The lowest BCUT2D eigenvalue weighted by molar-refractivity contribution is -0.162. The van der Waals surface area contributed by atoms with Crippen LogP contribution in [0.1, 0.15) is 12.5 Å². The number of hydrogen-bond donors (Lipinski definition) is 2. The Hall–Kier alpha value is -1.88. The number of carbonyl (C=O) groups excluding carboxylic acids is 1. The second-order valence-corrected chi connectivity index (χ2v) is 3.83. The summed E-state index contributed by atoms with van der Waals surface area (Å²) in [5.74, 6) is -3.22. The van der Waals surface area contributed by atoms with Crippen molar-refractivity contribution in [1.29, 1.82) is 0 Å². The molecule has 1 rings (SSSR count). The van der Waals surface area contributed by atoms with Crippen LogP contribution in [0.15, 0.2) is 30.3 Å². The minimum absolute atomic E-state index is 0.132. The fraction of sp³-hybridized carbons (Fsp3) is 0.385. The molecule has 0 aliphatic carbocycles. The SMILES string of the molecule is CCOC(=O)[C@H](Cc1ccccc1)[C@H](O)C(=O)O. The number of carboxylic acid groups (broad SMARTS) is 1. The van der Waals surface area contributed by atoms with Gasteiger partial charge < -0.3 is 14.9 Å². The number of hydrogen-bond acceptors (Lipinski definition) is 4. The second kappa shape index (κ2) is 6.76. The van der Waals surface area contributed by atoms with E-state index in [1.165, 1.54) is 0 Å². The number of aliphatic hydroxyl groups is 1. The van der Waals surface area contributed by atoms with Crippen molar-refractivity contribution in [3.8, 4) is 0 Å². The molecule has 0 aromatic heterocycles. The van der Waals surface area contributed by atoms with Gasteiger partial charge in [-0.1, -0.05) is 30.3 Å². The molecule has 0 heterocycles. The number of carboxylic acids is 1. The summed E-state index contributed by atoms with van der Waals surface area (Å²) in [6.07, 6.45) is -1.63. The quantitative estimate of drug-likeness (QED) is 0.733. The van der Waals surface area contributed by atoms with E-state index in [0.717, 1.165) is 5.56 Å². The fourth-order valence-corrected chi connectivity index (χ4v) is 1.61. The van der Waals surface area contributed by atoms with E-state index in [1.54, 1.807) is 31.2 Å². The zero-order valence-corrected chi connectivity index (χ0v) is 10.1. The van der Waals surface area contributed by atoms with Crippen LogP contribution in [0, 0.1) is 5.92 Å². The van der Waals surface area contributed by atoms with Crippen molar-refractivity contribution < 1.29 is 24.5 Å². The third-order valence-electron chi connectivity index (χ3n) is 2.52. The Balaban J connectivity index is 2.84. The van der Waals surface area contributed by atoms with E-state index >= 15 is 0 Å². The van der Waals surface area contributed by atoms with Crippen LogP contribution in [-0.4, -0.2) is 34.9 Å². The first-order valence-corrected chi connectivity index (χ1v) is 5.67. The van der Waals surface area contributed by atoms with E-state index in [9.17, 15) is 14.7 Å². The molecule has 0 aliphatic heterocycles. The van der Waals surface area contributed by atoms with Gasteiger partial charge in [0.1, 0.15) is 0 Å². The average Bonchev–Trinajstić information content (AvgIpc) is 2.36. The Kier molecular flexibility index (Phi) is 5.32. The number of aliphatic carboxylic acids is 1. The van der Waals surface area contributed by atoms with Crippen LogP contribution < -0.4 is 0 Å². The molecule has 1 aromatic rings. The molecule has 5 heteroatoms. The number of aliphatic hydroxyl groups excluding tert-OH is 1. The normalized spacial score (nSPS) is 13.7. The maximum absolute atomic E-state index is 11.6. The third kappa shape index (κ3) is 3.85. The van der Waals surface area contributed by atoms with Crippen LogP contribution in [0.5, 0.6) is 0 Å².